The van der Waals surface area contributed by atoms with E-state index in [1.807, 2.05) is 18.2 Å². The summed E-state index contributed by atoms with van der Waals surface area (Å²) >= 11 is 0. The monoisotopic (exact) mass is 274 g/mol. The topological polar surface area (TPSA) is 94.5 Å². The first-order valence-corrected chi connectivity index (χ1v) is 5.81. The van der Waals surface area contributed by atoms with Crippen LogP contribution in [0.5, 0.6) is 5.75 Å². The maximum atomic E-state index is 10.8. The molecule has 1 aromatic heterocycles. The van der Waals surface area contributed by atoms with Crippen molar-refractivity contribution in [3.63, 3.8) is 0 Å². The zero-order valence-corrected chi connectivity index (χ0v) is 11.1. The molecule has 0 saturated heterocycles. The maximum Gasteiger partial charge on any atom is 0.276 e. The molecule has 0 bridgehead atoms. The van der Waals surface area contributed by atoms with E-state index in [9.17, 15) is 10.1 Å². The zero-order chi connectivity index (χ0) is 14.7. The number of nitrogens with zero attached hydrogens (tertiary/aromatic N) is 3. The minimum Gasteiger partial charge on any atom is -0.497 e. The molecule has 7 nitrogen and oxygen atoms in total. The molecule has 0 radical (unpaired) electrons. The SMILES string of the molecule is COc1cccc(N(C)c2cc([N+](=O)[O-])cc(N)n2)c1. The van der Waals surface area contributed by atoms with Crippen LogP contribution in [0, 0.1) is 10.1 Å². The number of pyridine rings is 1. The number of rotatable bonds is 4. The molecule has 0 fully saturated rings. The van der Waals surface area contributed by atoms with Crippen molar-refractivity contribution in [1.29, 1.82) is 0 Å². The summed E-state index contributed by atoms with van der Waals surface area (Å²) in [4.78, 5) is 16.2. The average molecular weight is 274 g/mol. The molecule has 0 saturated carbocycles. The second kappa shape index (κ2) is 5.43. The molecule has 0 aliphatic heterocycles. The van der Waals surface area contributed by atoms with Crippen LogP contribution in [0.15, 0.2) is 36.4 Å². The number of methoxy groups -OCH3 is 1. The Morgan fingerprint density at radius 3 is 2.75 bits per heavy atom. The van der Waals surface area contributed by atoms with Gasteiger partial charge in [-0.2, -0.15) is 0 Å². The van der Waals surface area contributed by atoms with Gasteiger partial charge in [-0.1, -0.05) is 6.07 Å². The lowest BCUT2D eigenvalue weighted by atomic mass is 10.2. The first-order valence-electron chi connectivity index (χ1n) is 5.81. The summed E-state index contributed by atoms with van der Waals surface area (Å²) < 4.78 is 5.15. The minimum absolute atomic E-state index is 0.0951. The van der Waals surface area contributed by atoms with Gasteiger partial charge in [-0.25, -0.2) is 4.98 Å². The Labute approximate surface area is 115 Å². The predicted molar refractivity (Wildman–Crippen MR) is 76.4 cm³/mol. The van der Waals surface area contributed by atoms with E-state index in [4.69, 9.17) is 10.5 Å². The summed E-state index contributed by atoms with van der Waals surface area (Å²) in [5, 5.41) is 10.8. The molecular weight excluding hydrogens is 260 g/mol. The molecular formula is C13H14N4O3. The minimum atomic E-state index is -0.499. The lowest BCUT2D eigenvalue weighted by molar-refractivity contribution is -0.384. The van der Waals surface area contributed by atoms with Crippen molar-refractivity contribution in [1.82, 2.24) is 4.98 Å². The van der Waals surface area contributed by atoms with E-state index in [0.717, 1.165) is 5.69 Å². The van der Waals surface area contributed by atoms with Gasteiger partial charge in [0.1, 0.15) is 17.4 Å². The van der Waals surface area contributed by atoms with E-state index in [2.05, 4.69) is 4.98 Å². The van der Waals surface area contributed by atoms with Gasteiger partial charge in [0.15, 0.2) is 0 Å². The molecule has 1 heterocycles. The number of nitro groups is 1. The Balaban J connectivity index is 2.41. The number of anilines is 3. The van der Waals surface area contributed by atoms with Crippen LogP contribution in [0.2, 0.25) is 0 Å². The summed E-state index contributed by atoms with van der Waals surface area (Å²) in [6.07, 6.45) is 0. The van der Waals surface area contributed by atoms with Crippen molar-refractivity contribution in [2.24, 2.45) is 0 Å². The van der Waals surface area contributed by atoms with Crippen molar-refractivity contribution in [3.8, 4) is 5.75 Å². The van der Waals surface area contributed by atoms with Crippen LogP contribution in [-0.2, 0) is 0 Å². The highest BCUT2D eigenvalue weighted by molar-refractivity contribution is 5.64. The van der Waals surface area contributed by atoms with Gasteiger partial charge in [0.2, 0.25) is 0 Å². The van der Waals surface area contributed by atoms with Crippen molar-refractivity contribution in [2.75, 3.05) is 24.8 Å². The van der Waals surface area contributed by atoms with Crippen LogP contribution in [-0.4, -0.2) is 24.1 Å². The summed E-state index contributed by atoms with van der Waals surface area (Å²) in [6, 6.07) is 9.88. The van der Waals surface area contributed by atoms with Crippen molar-refractivity contribution >= 4 is 23.0 Å². The quantitative estimate of drug-likeness (QED) is 0.679. The van der Waals surface area contributed by atoms with Gasteiger partial charge in [0.25, 0.3) is 5.69 Å². The summed E-state index contributed by atoms with van der Waals surface area (Å²) in [5.41, 5.74) is 6.30. The smallest absolute Gasteiger partial charge is 0.276 e. The van der Waals surface area contributed by atoms with Crippen molar-refractivity contribution < 1.29 is 9.66 Å². The molecule has 1 aromatic carbocycles. The van der Waals surface area contributed by atoms with Crippen LogP contribution in [0.25, 0.3) is 0 Å². The third-order valence-corrected chi connectivity index (χ3v) is 2.81. The van der Waals surface area contributed by atoms with E-state index in [-0.39, 0.29) is 11.5 Å². The lowest BCUT2D eigenvalue weighted by Crippen LogP contribution is -2.12. The number of benzene rings is 1. The fraction of sp³-hybridized carbons (Fsp3) is 0.154. The van der Waals surface area contributed by atoms with Gasteiger partial charge in [0.05, 0.1) is 24.2 Å². The Morgan fingerprint density at radius 1 is 1.35 bits per heavy atom. The third kappa shape index (κ3) is 2.77. The summed E-state index contributed by atoms with van der Waals surface area (Å²) in [7, 11) is 3.32. The largest absolute Gasteiger partial charge is 0.497 e. The van der Waals surface area contributed by atoms with Crippen LogP contribution in [0.4, 0.5) is 23.0 Å². The van der Waals surface area contributed by atoms with E-state index < -0.39 is 4.92 Å². The normalized spacial score (nSPS) is 10.1. The van der Waals surface area contributed by atoms with Crippen molar-refractivity contribution in [2.45, 2.75) is 0 Å². The molecule has 0 aliphatic rings. The molecule has 2 N–H and O–H groups in total. The van der Waals surface area contributed by atoms with Crippen LogP contribution < -0.4 is 15.4 Å². The van der Waals surface area contributed by atoms with Gasteiger partial charge in [-0.05, 0) is 12.1 Å². The fourth-order valence-electron chi connectivity index (χ4n) is 1.75. The standard InChI is InChI=1S/C13H14N4O3/c1-16(9-4-3-5-11(6-9)20-2)13-8-10(17(18)19)7-12(14)15-13/h3-8H,1-2H3,(H2,14,15). The Hall–Kier alpha value is -2.83. The number of nitrogens with two attached hydrogens (primary N) is 1. The molecule has 20 heavy (non-hydrogen) atoms. The van der Waals surface area contributed by atoms with Crippen LogP contribution >= 0.6 is 0 Å². The summed E-state index contributed by atoms with van der Waals surface area (Å²) in [6.45, 7) is 0. The Morgan fingerprint density at radius 2 is 2.10 bits per heavy atom. The number of hydrogen-bond donors (Lipinski definition) is 1. The second-order valence-electron chi connectivity index (χ2n) is 4.13. The molecule has 0 unspecified atom stereocenters. The second-order valence-corrected chi connectivity index (χ2v) is 4.13. The summed E-state index contributed by atoms with van der Waals surface area (Å²) in [5.74, 6) is 1.18. The van der Waals surface area contributed by atoms with Gasteiger partial charge in [-0.3, -0.25) is 10.1 Å². The van der Waals surface area contributed by atoms with E-state index in [0.29, 0.717) is 11.6 Å². The average Bonchev–Trinajstić information content (AvgIpc) is 2.45. The Bertz CT molecular complexity index is 645. The number of aromatic nitrogens is 1. The van der Waals surface area contributed by atoms with Crippen LogP contribution in [0.1, 0.15) is 0 Å². The molecule has 0 atom stereocenters. The molecule has 2 rings (SSSR count). The highest BCUT2D eigenvalue weighted by Gasteiger charge is 2.14. The molecule has 7 heteroatoms. The van der Waals surface area contributed by atoms with E-state index >= 15 is 0 Å². The first kappa shape index (κ1) is 13.6. The number of ether oxygens (including phenoxy) is 1. The van der Waals surface area contributed by atoms with Crippen molar-refractivity contribution in [3.05, 3.63) is 46.5 Å². The van der Waals surface area contributed by atoms with E-state index in [1.165, 1.54) is 12.1 Å². The number of hydrogen-bond acceptors (Lipinski definition) is 6. The zero-order valence-electron chi connectivity index (χ0n) is 11.1. The van der Waals surface area contributed by atoms with Gasteiger partial charge < -0.3 is 15.4 Å². The van der Waals surface area contributed by atoms with Crippen LogP contribution in [0.3, 0.4) is 0 Å². The molecule has 0 spiro atoms. The first-order chi connectivity index (χ1) is 9.51. The highest BCUT2D eigenvalue weighted by atomic mass is 16.6. The molecule has 0 aliphatic carbocycles. The highest BCUT2D eigenvalue weighted by Crippen LogP contribution is 2.28. The lowest BCUT2D eigenvalue weighted by Gasteiger charge is -2.19. The fourth-order valence-corrected chi connectivity index (χ4v) is 1.75. The third-order valence-electron chi connectivity index (χ3n) is 2.81. The van der Waals surface area contributed by atoms with E-state index in [1.54, 1.807) is 25.1 Å². The predicted octanol–water partition coefficient (Wildman–Crippen LogP) is 2.35. The number of nitrogen functional groups attached to an aromatic ring is 1. The van der Waals surface area contributed by atoms with Gasteiger partial charge in [0, 0.05) is 18.8 Å². The Kier molecular flexibility index (Phi) is 3.69. The molecule has 2 aromatic rings. The molecule has 0 amide bonds. The van der Waals surface area contributed by atoms with Gasteiger partial charge in [-0.15, -0.1) is 0 Å². The maximum absolute atomic E-state index is 10.8. The van der Waals surface area contributed by atoms with Gasteiger partial charge >= 0.3 is 0 Å². The molecule has 104 valence electrons.